The van der Waals surface area contributed by atoms with Crippen LogP contribution in [0.1, 0.15) is 11.1 Å². The van der Waals surface area contributed by atoms with E-state index in [0.717, 1.165) is 12.1 Å². The summed E-state index contributed by atoms with van der Waals surface area (Å²) in [5.41, 5.74) is 11.8. The standard InChI is InChI=1S/C17H15F3N4O/c18-17(19,20)11-4-1-3-10(9-11)7-8-25-13-6-2-5-12-14(13)15(21)24-16(22)23-12/h1-6,9H,7-8H2,(H4,21,22,23,24). The number of ether oxygens (including phenoxy) is 1. The zero-order chi connectivity index (χ0) is 18.0. The van der Waals surface area contributed by atoms with Crippen LogP contribution < -0.4 is 16.2 Å². The molecule has 0 atom stereocenters. The van der Waals surface area contributed by atoms with Gasteiger partial charge in [0.25, 0.3) is 0 Å². The fourth-order valence-electron chi connectivity index (χ4n) is 2.50. The molecule has 0 saturated carbocycles. The summed E-state index contributed by atoms with van der Waals surface area (Å²) in [4.78, 5) is 7.99. The predicted octanol–water partition coefficient (Wildman–Crippen LogP) is 3.43. The van der Waals surface area contributed by atoms with Crippen molar-refractivity contribution < 1.29 is 17.9 Å². The number of rotatable bonds is 4. The largest absolute Gasteiger partial charge is 0.492 e. The van der Waals surface area contributed by atoms with Gasteiger partial charge in [0, 0.05) is 6.42 Å². The monoisotopic (exact) mass is 348 g/mol. The molecule has 0 aliphatic rings. The van der Waals surface area contributed by atoms with E-state index in [1.807, 2.05) is 0 Å². The van der Waals surface area contributed by atoms with Crippen molar-refractivity contribution in [2.24, 2.45) is 0 Å². The number of hydrogen-bond acceptors (Lipinski definition) is 5. The molecule has 0 radical (unpaired) electrons. The summed E-state index contributed by atoms with van der Waals surface area (Å²) in [6.07, 6.45) is -4.05. The smallest absolute Gasteiger partial charge is 0.416 e. The molecule has 3 aromatic rings. The second-order valence-corrected chi connectivity index (χ2v) is 5.41. The molecule has 1 aromatic heterocycles. The van der Waals surface area contributed by atoms with E-state index in [1.54, 1.807) is 24.3 Å². The number of anilines is 2. The molecule has 0 unspecified atom stereocenters. The summed E-state index contributed by atoms with van der Waals surface area (Å²) >= 11 is 0. The quantitative estimate of drug-likeness (QED) is 0.754. The third-order valence-electron chi connectivity index (χ3n) is 3.63. The van der Waals surface area contributed by atoms with Crippen LogP contribution in [0.4, 0.5) is 24.9 Å². The highest BCUT2D eigenvalue weighted by Crippen LogP contribution is 2.31. The Labute approximate surface area is 141 Å². The number of alkyl halides is 3. The van der Waals surface area contributed by atoms with Crippen molar-refractivity contribution in [3.05, 3.63) is 53.6 Å². The first-order valence-corrected chi connectivity index (χ1v) is 7.45. The van der Waals surface area contributed by atoms with Gasteiger partial charge < -0.3 is 16.2 Å². The van der Waals surface area contributed by atoms with Gasteiger partial charge in [-0.2, -0.15) is 18.2 Å². The number of halogens is 3. The summed E-state index contributed by atoms with van der Waals surface area (Å²) < 4.78 is 43.9. The minimum absolute atomic E-state index is 0.0612. The van der Waals surface area contributed by atoms with Gasteiger partial charge in [-0.3, -0.25) is 0 Å². The Kier molecular flexibility index (Phi) is 4.35. The molecule has 0 aliphatic carbocycles. The fraction of sp³-hybridized carbons (Fsp3) is 0.176. The zero-order valence-corrected chi connectivity index (χ0v) is 13.0. The predicted molar refractivity (Wildman–Crippen MR) is 89.0 cm³/mol. The first kappa shape index (κ1) is 16.8. The lowest BCUT2D eigenvalue weighted by atomic mass is 10.1. The van der Waals surface area contributed by atoms with Crippen molar-refractivity contribution in [3.8, 4) is 5.75 Å². The Bertz CT molecular complexity index is 912. The Morgan fingerprint density at radius 3 is 2.52 bits per heavy atom. The lowest BCUT2D eigenvalue weighted by Gasteiger charge is -2.12. The number of benzene rings is 2. The molecule has 3 rings (SSSR count). The van der Waals surface area contributed by atoms with E-state index in [9.17, 15) is 13.2 Å². The Morgan fingerprint density at radius 2 is 1.76 bits per heavy atom. The maximum Gasteiger partial charge on any atom is 0.416 e. The molecule has 5 nitrogen and oxygen atoms in total. The second-order valence-electron chi connectivity index (χ2n) is 5.41. The number of nitrogens with two attached hydrogens (primary N) is 2. The van der Waals surface area contributed by atoms with Gasteiger partial charge in [0.15, 0.2) is 0 Å². The maximum atomic E-state index is 12.7. The Hall–Kier alpha value is -3.03. The van der Waals surface area contributed by atoms with Gasteiger partial charge in [0.2, 0.25) is 5.95 Å². The SMILES string of the molecule is Nc1nc(N)c2c(OCCc3cccc(C(F)(F)F)c3)cccc2n1. The molecule has 1 heterocycles. The highest BCUT2D eigenvalue weighted by atomic mass is 19.4. The van der Waals surface area contributed by atoms with Crippen LogP contribution in [0.2, 0.25) is 0 Å². The van der Waals surface area contributed by atoms with E-state index < -0.39 is 11.7 Å². The fourth-order valence-corrected chi connectivity index (χ4v) is 2.50. The van der Waals surface area contributed by atoms with Crippen LogP contribution >= 0.6 is 0 Å². The summed E-state index contributed by atoms with van der Waals surface area (Å²) in [5, 5.41) is 0.528. The van der Waals surface area contributed by atoms with Gasteiger partial charge >= 0.3 is 6.18 Å². The van der Waals surface area contributed by atoms with E-state index in [1.165, 1.54) is 6.07 Å². The highest BCUT2D eigenvalue weighted by molar-refractivity contribution is 5.94. The van der Waals surface area contributed by atoms with E-state index in [-0.39, 0.29) is 18.4 Å². The Morgan fingerprint density at radius 1 is 1.00 bits per heavy atom. The zero-order valence-electron chi connectivity index (χ0n) is 13.0. The van der Waals surface area contributed by atoms with Crippen LogP contribution in [0.25, 0.3) is 10.9 Å². The lowest BCUT2D eigenvalue weighted by molar-refractivity contribution is -0.137. The first-order chi connectivity index (χ1) is 11.8. The average Bonchev–Trinajstić information content (AvgIpc) is 2.54. The normalized spacial score (nSPS) is 11.6. The molecule has 0 saturated heterocycles. The van der Waals surface area contributed by atoms with Gasteiger partial charge in [0.05, 0.1) is 23.1 Å². The number of fused-ring (bicyclic) bond motifs is 1. The number of aromatic nitrogens is 2. The van der Waals surface area contributed by atoms with Crippen molar-refractivity contribution >= 4 is 22.7 Å². The molecule has 130 valence electrons. The molecule has 4 N–H and O–H groups in total. The van der Waals surface area contributed by atoms with Gasteiger partial charge in [-0.25, -0.2) is 4.98 Å². The Balaban J connectivity index is 1.76. The van der Waals surface area contributed by atoms with E-state index in [2.05, 4.69) is 9.97 Å². The van der Waals surface area contributed by atoms with Gasteiger partial charge in [0.1, 0.15) is 11.6 Å². The molecule has 0 amide bonds. The summed E-state index contributed by atoms with van der Waals surface area (Å²) in [6, 6.07) is 10.3. The molecule has 2 aromatic carbocycles. The third-order valence-corrected chi connectivity index (χ3v) is 3.63. The van der Waals surface area contributed by atoms with Crippen LogP contribution in [0, 0.1) is 0 Å². The topological polar surface area (TPSA) is 87.0 Å². The second kappa shape index (κ2) is 6.46. The van der Waals surface area contributed by atoms with Crippen LogP contribution in [-0.4, -0.2) is 16.6 Å². The van der Waals surface area contributed by atoms with Crippen molar-refractivity contribution in [1.29, 1.82) is 0 Å². The number of hydrogen-bond donors (Lipinski definition) is 2. The van der Waals surface area contributed by atoms with Crippen LogP contribution in [0.15, 0.2) is 42.5 Å². The van der Waals surface area contributed by atoms with E-state index >= 15 is 0 Å². The van der Waals surface area contributed by atoms with Crippen molar-refractivity contribution in [3.63, 3.8) is 0 Å². The molecular weight excluding hydrogens is 333 g/mol. The molecule has 0 bridgehead atoms. The number of nitrogens with zero attached hydrogens (tertiary/aromatic N) is 2. The average molecular weight is 348 g/mol. The highest BCUT2D eigenvalue weighted by Gasteiger charge is 2.30. The van der Waals surface area contributed by atoms with E-state index in [0.29, 0.717) is 28.6 Å². The van der Waals surface area contributed by atoms with Crippen LogP contribution in [0.5, 0.6) is 5.75 Å². The van der Waals surface area contributed by atoms with Gasteiger partial charge in [-0.05, 0) is 23.8 Å². The number of nitrogen functional groups attached to an aromatic ring is 2. The molecule has 8 heteroatoms. The van der Waals surface area contributed by atoms with E-state index in [4.69, 9.17) is 16.2 Å². The summed E-state index contributed by atoms with van der Waals surface area (Å²) in [5.74, 6) is 0.713. The third kappa shape index (κ3) is 3.73. The molecule has 25 heavy (non-hydrogen) atoms. The van der Waals surface area contributed by atoms with Crippen molar-refractivity contribution in [2.75, 3.05) is 18.1 Å². The van der Waals surface area contributed by atoms with Gasteiger partial charge in [-0.1, -0.05) is 24.3 Å². The van der Waals surface area contributed by atoms with Crippen molar-refractivity contribution in [2.45, 2.75) is 12.6 Å². The summed E-state index contributed by atoms with van der Waals surface area (Å²) in [7, 11) is 0. The van der Waals surface area contributed by atoms with Crippen LogP contribution in [0.3, 0.4) is 0 Å². The molecule has 0 aliphatic heterocycles. The van der Waals surface area contributed by atoms with Crippen LogP contribution in [-0.2, 0) is 12.6 Å². The summed E-state index contributed by atoms with van der Waals surface area (Å²) in [6.45, 7) is 0.185. The lowest BCUT2D eigenvalue weighted by Crippen LogP contribution is -2.07. The molecular formula is C17H15F3N4O. The molecule has 0 spiro atoms. The maximum absolute atomic E-state index is 12.7. The first-order valence-electron chi connectivity index (χ1n) is 7.45. The molecule has 0 fully saturated rings. The minimum atomic E-state index is -4.36. The van der Waals surface area contributed by atoms with Crippen molar-refractivity contribution in [1.82, 2.24) is 9.97 Å². The van der Waals surface area contributed by atoms with Gasteiger partial charge in [-0.15, -0.1) is 0 Å². The minimum Gasteiger partial charge on any atom is -0.492 e.